The van der Waals surface area contributed by atoms with Gasteiger partial charge in [0.25, 0.3) is 0 Å². The summed E-state index contributed by atoms with van der Waals surface area (Å²) in [6, 6.07) is 8.54. The molecule has 1 N–H and O–H groups in total. The first-order chi connectivity index (χ1) is 8.27. The molecule has 0 spiro atoms. The van der Waals surface area contributed by atoms with E-state index < -0.39 is 0 Å². The van der Waals surface area contributed by atoms with Crippen molar-refractivity contribution in [3.05, 3.63) is 29.8 Å². The van der Waals surface area contributed by atoms with Gasteiger partial charge in [0, 0.05) is 19.3 Å². The molecule has 0 unspecified atom stereocenters. The number of benzene rings is 1. The Morgan fingerprint density at radius 3 is 2.53 bits per heavy atom. The fraction of sp³-hybridized carbons (Fsp3) is 0.571. The number of rotatable bonds is 8. The minimum Gasteiger partial charge on any atom is -0.497 e. The van der Waals surface area contributed by atoms with Crippen molar-refractivity contribution in [2.24, 2.45) is 0 Å². The van der Waals surface area contributed by atoms with Crippen molar-refractivity contribution < 1.29 is 9.47 Å². The number of ether oxygens (including phenoxy) is 2. The van der Waals surface area contributed by atoms with Crippen molar-refractivity contribution in [3.63, 3.8) is 0 Å². The molecule has 0 aliphatic heterocycles. The lowest BCUT2D eigenvalue weighted by molar-refractivity contribution is 0.144. The average molecular weight is 237 g/mol. The molecule has 3 nitrogen and oxygen atoms in total. The van der Waals surface area contributed by atoms with Crippen LogP contribution in [0.3, 0.4) is 0 Å². The lowest BCUT2D eigenvalue weighted by atomic mass is 10.1. The Hall–Kier alpha value is -1.06. The second-order valence-electron chi connectivity index (χ2n) is 4.00. The summed E-state index contributed by atoms with van der Waals surface area (Å²) in [5, 5.41) is 3.47. The molecule has 0 fully saturated rings. The van der Waals surface area contributed by atoms with Crippen LogP contribution in [-0.2, 0) is 4.74 Å². The summed E-state index contributed by atoms with van der Waals surface area (Å²) >= 11 is 0. The van der Waals surface area contributed by atoms with Crippen LogP contribution in [0, 0.1) is 0 Å². The van der Waals surface area contributed by atoms with Crippen LogP contribution in [0.5, 0.6) is 5.75 Å². The fourth-order valence-electron chi connectivity index (χ4n) is 1.65. The van der Waals surface area contributed by atoms with E-state index in [9.17, 15) is 0 Å². The smallest absolute Gasteiger partial charge is 0.118 e. The third-order valence-electron chi connectivity index (χ3n) is 2.74. The van der Waals surface area contributed by atoms with Gasteiger partial charge in [0.1, 0.15) is 5.75 Å². The highest BCUT2D eigenvalue weighted by Gasteiger charge is 2.03. The van der Waals surface area contributed by atoms with Gasteiger partial charge < -0.3 is 14.8 Å². The molecule has 0 saturated heterocycles. The molecule has 0 amide bonds. The zero-order valence-corrected chi connectivity index (χ0v) is 11.0. The van der Waals surface area contributed by atoms with Gasteiger partial charge >= 0.3 is 0 Å². The van der Waals surface area contributed by atoms with E-state index in [0.717, 1.165) is 31.9 Å². The van der Waals surface area contributed by atoms with Gasteiger partial charge in [0.2, 0.25) is 0 Å². The van der Waals surface area contributed by atoms with Crippen molar-refractivity contribution in [2.75, 3.05) is 26.9 Å². The number of nitrogens with one attached hydrogen (secondary N) is 1. The Bertz CT molecular complexity index is 298. The Morgan fingerprint density at radius 1 is 1.24 bits per heavy atom. The van der Waals surface area contributed by atoms with Crippen molar-refractivity contribution in [3.8, 4) is 5.75 Å². The van der Waals surface area contributed by atoms with E-state index in [1.807, 2.05) is 19.1 Å². The zero-order valence-electron chi connectivity index (χ0n) is 11.0. The van der Waals surface area contributed by atoms with Gasteiger partial charge in [-0.15, -0.1) is 0 Å². The van der Waals surface area contributed by atoms with Crippen LogP contribution >= 0.6 is 0 Å². The van der Waals surface area contributed by atoms with Crippen molar-refractivity contribution >= 4 is 0 Å². The summed E-state index contributed by atoms with van der Waals surface area (Å²) in [7, 11) is 1.68. The largest absolute Gasteiger partial charge is 0.497 e. The van der Waals surface area contributed by atoms with E-state index in [1.54, 1.807) is 7.11 Å². The highest BCUT2D eigenvalue weighted by molar-refractivity contribution is 5.28. The van der Waals surface area contributed by atoms with E-state index >= 15 is 0 Å². The van der Waals surface area contributed by atoms with Gasteiger partial charge in [-0.3, -0.25) is 0 Å². The molecular formula is C14H23NO2. The third kappa shape index (κ3) is 5.20. The first kappa shape index (κ1) is 14.0. The summed E-state index contributed by atoms with van der Waals surface area (Å²) in [6.07, 6.45) is 1.05. The molecule has 0 aliphatic rings. The minimum absolute atomic E-state index is 0.363. The maximum absolute atomic E-state index is 5.29. The summed E-state index contributed by atoms with van der Waals surface area (Å²) in [5.74, 6) is 0.900. The third-order valence-corrected chi connectivity index (χ3v) is 2.74. The summed E-state index contributed by atoms with van der Waals surface area (Å²) in [5.41, 5.74) is 1.28. The molecule has 0 aromatic heterocycles. The fourth-order valence-corrected chi connectivity index (χ4v) is 1.65. The van der Waals surface area contributed by atoms with Crippen LogP contribution in [0.1, 0.15) is 31.9 Å². The topological polar surface area (TPSA) is 30.5 Å². The predicted molar refractivity (Wildman–Crippen MR) is 70.5 cm³/mol. The molecule has 1 aromatic rings. The van der Waals surface area contributed by atoms with E-state index in [-0.39, 0.29) is 0 Å². The van der Waals surface area contributed by atoms with Gasteiger partial charge in [-0.25, -0.2) is 0 Å². The highest BCUT2D eigenvalue weighted by Crippen LogP contribution is 2.16. The number of hydrogen-bond acceptors (Lipinski definition) is 3. The van der Waals surface area contributed by atoms with E-state index in [4.69, 9.17) is 9.47 Å². The molecule has 0 saturated carbocycles. The van der Waals surface area contributed by atoms with Crippen LogP contribution in [0.4, 0.5) is 0 Å². The number of methoxy groups -OCH3 is 1. The molecule has 3 heteroatoms. The lowest BCUT2D eigenvalue weighted by Crippen LogP contribution is -2.20. The van der Waals surface area contributed by atoms with Crippen molar-refractivity contribution in [2.45, 2.75) is 26.3 Å². The average Bonchev–Trinajstić information content (AvgIpc) is 2.38. The predicted octanol–water partition coefficient (Wildman–Crippen LogP) is 2.77. The highest BCUT2D eigenvalue weighted by atomic mass is 16.5. The van der Waals surface area contributed by atoms with Gasteiger partial charge in [-0.05, 0) is 44.5 Å². The van der Waals surface area contributed by atoms with Gasteiger partial charge in [0.05, 0.1) is 7.11 Å². The quantitative estimate of drug-likeness (QED) is 0.705. The molecular weight excluding hydrogens is 214 g/mol. The first-order valence-electron chi connectivity index (χ1n) is 6.23. The van der Waals surface area contributed by atoms with Gasteiger partial charge in [-0.2, -0.15) is 0 Å². The Balaban J connectivity index is 2.28. The van der Waals surface area contributed by atoms with Crippen LogP contribution in [0.25, 0.3) is 0 Å². The molecule has 0 heterocycles. The molecule has 1 atom stereocenters. The second kappa shape index (κ2) is 8.09. The molecule has 1 rings (SSSR count). The van der Waals surface area contributed by atoms with Crippen LogP contribution in [0.2, 0.25) is 0 Å². The minimum atomic E-state index is 0.363. The van der Waals surface area contributed by atoms with E-state index in [0.29, 0.717) is 6.04 Å². The Labute approximate surface area is 104 Å². The van der Waals surface area contributed by atoms with Gasteiger partial charge in [-0.1, -0.05) is 12.1 Å². The van der Waals surface area contributed by atoms with Crippen LogP contribution < -0.4 is 10.1 Å². The van der Waals surface area contributed by atoms with Gasteiger partial charge in [0.15, 0.2) is 0 Å². The number of hydrogen-bond donors (Lipinski definition) is 1. The molecule has 0 bridgehead atoms. The summed E-state index contributed by atoms with van der Waals surface area (Å²) in [4.78, 5) is 0. The van der Waals surface area contributed by atoms with Crippen LogP contribution in [-0.4, -0.2) is 26.9 Å². The molecule has 0 radical (unpaired) electrons. The summed E-state index contributed by atoms with van der Waals surface area (Å²) in [6.45, 7) is 6.80. The second-order valence-corrected chi connectivity index (χ2v) is 4.00. The Morgan fingerprint density at radius 2 is 1.94 bits per heavy atom. The monoisotopic (exact) mass is 237 g/mol. The maximum atomic E-state index is 5.29. The molecule has 0 aliphatic carbocycles. The molecule has 1 aromatic carbocycles. The summed E-state index contributed by atoms with van der Waals surface area (Å²) < 4.78 is 10.4. The van der Waals surface area contributed by atoms with Crippen molar-refractivity contribution in [1.82, 2.24) is 5.32 Å². The zero-order chi connectivity index (χ0) is 12.5. The van der Waals surface area contributed by atoms with Crippen molar-refractivity contribution in [1.29, 1.82) is 0 Å². The standard InChI is InChI=1S/C14H23NO2/c1-4-17-11-5-10-15-12(2)13-6-8-14(16-3)9-7-13/h6-9,12,15H,4-5,10-11H2,1-3H3/t12-/m0/s1. The normalized spacial score (nSPS) is 12.4. The van der Waals surface area contributed by atoms with Crippen LogP contribution in [0.15, 0.2) is 24.3 Å². The van der Waals surface area contributed by atoms with E-state index in [1.165, 1.54) is 5.56 Å². The first-order valence-corrected chi connectivity index (χ1v) is 6.23. The Kier molecular flexibility index (Phi) is 6.67. The lowest BCUT2D eigenvalue weighted by Gasteiger charge is -2.14. The van der Waals surface area contributed by atoms with E-state index in [2.05, 4.69) is 24.4 Å². The molecule has 17 heavy (non-hydrogen) atoms. The SMILES string of the molecule is CCOCCCN[C@@H](C)c1ccc(OC)cc1. The maximum Gasteiger partial charge on any atom is 0.118 e. The molecule has 96 valence electrons.